The van der Waals surface area contributed by atoms with Gasteiger partial charge < -0.3 is 5.11 Å². The van der Waals surface area contributed by atoms with E-state index >= 15 is 0 Å². The number of allylic oxidation sites excluding steroid dienone is 2. The minimum Gasteiger partial charge on any atom is -0.393 e. The Balaban J connectivity index is 1.56. The topological polar surface area (TPSA) is 20.2 Å². The van der Waals surface area contributed by atoms with Gasteiger partial charge in [0.2, 0.25) is 0 Å². The molecule has 172 valence electrons. The number of hydrogen-bond donors (Lipinski definition) is 1. The maximum absolute atomic E-state index is 10.7. The number of rotatable bonds is 6. The van der Waals surface area contributed by atoms with E-state index in [1.54, 1.807) is 0 Å². The smallest absolute Gasteiger partial charge is 0.0571 e. The monoisotopic (exact) mass is 414 g/mol. The summed E-state index contributed by atoms with van der Waals surface area (Å²) in [6, 6.07) is 0. The van der Waals surface area contributed by atoms with Crippen LogP contribution in [0.15, 0.2) is 11.1 Å². The molecule has 0 amide bonds. The van der Waals surface area contributed by atoms with Crippen LogP contribution < -0.4 is 0 Å². The first-order chi connectivity index (χ1) is 14.2. The van der Waals surface area contributed by atoms with Crippen molar-refractivity contribution in [3.05, 3.63) is 11.1 Å². The standard InChI is InChI=1S/C29H50O/c1-7-21-24-12-11-22-25-14-13-23(20(4)10-8-9-19(2)3)28(25,5)17-15-26(22)29(24,6)18-16-27(21)30/h19-21,23-24,26-27,30H,7-18H2,1-6H3/t20-,21?,23-,24?,26+,27+,28-,29+/m1/s1. The van der Waals surface area contributed by atoms with Crippen LogP contribution in [0.3, 0.4) is 0 Å². The first kappa shape index (κ1) is 22.9. The van der Waals surface area contributed by atoms with Crippen molar-refractivity contribution in [2.24, 2.45) is 46.3 Å². The van der Waals surface area contributed by atoms with Crippen molar-refractivity contribution in [2.75, 3.05) is 0 Å². The van der Waals surface area contributed by atoms with Crippen LogP contribution in [0.1, 0.15) is 119 Å². The number of aliphatic hydroxyl groups excluding tert-OH is 1. The second kappa shape index (κ2) is 8.57. The summed E-state index contributed by atoms with van der Waals surface area (Å²) in [5.74, 6) is 4.75. The molecule has 2 unspecified atom stereocenters. The second-order valence-electron chi connectivity index (χ2n) is 12.8. The van der Waals surface area contributed by atoms with E-state index in [4.69, 9.17) is 0 Å². The van der Waals surface area contributed by atoms with E-state index in [-0.39, 0.29) is 6.10 Å². The molecule has 0 aromatic carbocycles. The van der Waals surface area contributed by atoms with Gasteiger partial charge in [-0.2, -0.15) is 0 Å². The lowest BCUT2D eigenvalue weighted by Gasteiger charge is -2.59. The van der Waals surface area contributed by atoms with Crippen LogP contribution in [0.2, 0.25) is 0 Å². The number of fused-ring (bicyclic) bond motifs is 4. The molecule has 0 saturated heterocycles. The minimum atomic E-state index is -0.0429. The summed E-state index contributed by atoms with van der Waals surface area (Å²) in [5.41, 5.74) is 4.79. The lowest BCUT2D eigenvalue weighted by atomic mass is 9.46. The van der Waals surface area contributed by atoms with E-state index in [1.165, 1.54) is 64.2 Å². The van der Waals surface area contributed by atoms with E-state index in [0.29, 0.717) is 16.7 Å². The van der Waals surface area contributed by atoms with Gasteiger partial charge in [-0.25, -0.2) is 0 Å². The summed E-state index contributed by atoms with van der Waals surface area (Å²) in [5, 5.41) is 10.7. The fourth-order valence-electron chi connectivity index (χ4n) is 9.29. The minimum absolute atomic E-state index is 0.0429. The van der Waals surface area contributed by atoms with Gasteiger partial charge in [0.1, 0.15) is 0 Å². The molecule has 3 fully saturated rings. The van der Waals surface area contributed by atoms with Crippen molar-refractivity contribution in [3.8, 4) is 0 Å². The molecule has 0 radical (unpaired) electrons. The third-order valence-corrected chi connectivity index (χ3v) is 10.9. The summed E-state index contributed by atoms with van der Waals surface area (Å²) < 4.78 is 0. The van der Waals surface area contributed by atoms with Gasteiger partial charge >= 0.3 is 0 Å². The molecule has 30 heavy (non-hydrogen) atoms. The van der Waals surface area contributed by atoms with Crippen molar-refractivity contribution < 1.29 is 5.11 Å². The molecule has 0 aromatic heterocycles. The predicted molar refractivity (Wildman–Crippen MR) is 128 cm³/mol. The first-order valence-corrected chi connectivity index (χ1v) is 13.6. The van der Waals surface area contributed by atoms with Crippen molar-refractivity contribution in [1.29, 1.82) is 0 Å². The Hall–Kier alpha value is -0.300. The third-order valence-electron chi connectivity index (χ3n) is 10.9. The highest BCUT2D eigenvalue weighted by atomic mass is 16.3. The zero-order valence-electron chi connectivity index (χ0n) is 21.0. The summed E-state index contributed by atoms with van der Waals surface area (Å²) in [6.45, 7) is 14.9. The lowest BCUT2D eigenvalue weighted by molar-refractivity contribution is -0.0854. The highest BCUT2D eigenvalue weighted by Crippen LogP contribution is 2.66. The molecule has 0 aromatic rings. The van der Waals surface area contributed by atoms with Gasteiger partial charge in [-0.3, -0.25) is 0 Å². The van der Waals surface area contributed by atoms with Crippen LogP contribution in [0.25, 0.3) is 0 Å². The van der Waals surface area contributed by atoms with Crippen LogP contribution in [-0.2, 0) is 0 Å². The van der Waals surface area contributed by atoms with Crippen LogP contribution in [0.5, 0.6) is 0 Å². The Labute approximate surface area is 187 Å². The van der Waals surface area contributed by atoms with Gasteiger partial charge in [0.05, 0.1) is 6.10 Å². The van der Waals surface area contributed by atoms with Gasteiger partial charge in [0, 0.05) is 0 Å². The first-order valence-electron chi connectivity index (χ1n) is 13.6. The zero-order chi connectivity index (χ0) is 21.7. The van der Waals surface area contributed by atoms with Gasteiger partial charge in [0.25, 0.3) is 0 Å². The predicted octanol–water partition coefficient (Wildman–Crippen LogP) is 8.17. The highest BCUT2D eigenvalue weighted by Gasteiger charge is 2.57. The summed E-state index contributed by atoms with van der Waals surface area (Å²) in [6.07, 6.45) is 16.0. The average Bonchev–Trinajstić information content (AvgIpc) is 3.05. The van der Waals surface area contributed by atoms with Crippen LogP contribution in [0.4, 0.5) is 0 Å². The second-order valence-corrected chi connectivity index (χ2v) is 12.8. The van der Waals surface area contributed by atoms with Crippen molar-refractivity contribution >= 4 is 0 Å². The van der Waals surface area contributed by atoms with E-state index in [9.17, 15) is 5.11 Å². The van der Waals surface area contributed by atoms with E-state index in [1.807, 2.05) is 11.1 Å². The maximum atomic E-state index is 10.7. The quantitative estimate of drug-likeness (QED) is 0.434. The molecule has 0 spiro atoms. The average molecular weight is 415 g/mol. The van der Waals surface area contributed by atoms with Gasteiger partial charge in [-0.1, -0.05) is 78.4 Å². The molecule has 1 N–H and O–H groups in total. The molecule has 0 aliphatic heterocycles. The molecular formula is C29H50O. The molecule has 0 bridgehead atoms. The Morgan fingerprint density at radius 1 is 0.967 bits per heavy atom. The maximum Gasteiger partial charge on any atom is 0.0571 e. The Kier molecular flexibility index (Phi) is 6.53. The molecule has 4 aliphatic carbocycles. The van der Waals surface area contributed by atoms with E-state index in [0.717, 1.165) is 42.4 Å². The lowest BCUT2D eigenvalue weighted by Crippen LogP contribution is -2.52. The van der Waals surface area contributed by atoms with E-state index < -0.39 is 0 Å². The third kappa shape index (κ3) is 3.64. The van der Waals surface area contributed by atoms with Crippen molar-refractivity contribution in [1.82, 2.24) is 0 Å². The van der Waals surface area contributed by atoms with E-state index in [2.05, 4.69) is 41.5 Å². The molecule has 4 rings (SSSR count). The number of hydrogen-bond acceptors (Lipinski definition) is 1. The molecule has 1 nitrogen and oxygen atoms in total. The Morgan fingerprint density at radius 3 is 2.43 bits per heavy atom. The van der Waals surface area contributed by atoms with Gasteiger partial charge in [-0.05, 0) is 97.7 Å². The van der Waals surface area contributed by atoms with Gasteiger partial charge in [0.15, 0.2) is 0 Å². The summed E-state index contributed by atoms with van der Waals surface area (Å²) in [7, 11) is 0. The SMILES string of the molecule is CCC1C2CCC3=C4CC[C@H]([C@H](C)CCCC(C)C)[C@@]4(C)CC[C@@H]3[C@@]2(C)CC[C@@H]1O. The number of aliphatic hydroxyl groups is 1. The normalized spacial score (nSPS) is 44.6. The van der Waals surface area contributed by atoms with Crippen molar-refractivity contribution in [2.45, 2.75) is 125 Å². The van der Waals surface area contributed by atoms with Crippen LogP contribution in [0, 0.1) is 46.3 Å². The van der Waals surface area contributed by atoms with Gasteiger partial charge in [-0.15, -0.1) is 0 Å². The Morgan fingerprint density at radius 2 is 1.73 bits per heavy atom. The van der Waals surface area contributed by atoms with Crippen LogP contribution in [-0.4, -0.2) is 11.2 Å². The highest BCUT2D eigenvalue weighted by molar-refractivity contribution is 5.35. The summed E-state index contributed by atoms with van der Waals surface area (Å²) >= 11 is 0. The molecule has 3 saturated carbocycles. The summed E-state index contributed by atoms with van der Waals surface area (Å²) in [4.78, 5) is 0. The fourth-order valence-corrected chi connectivity index (χ4v) is 9.29. The van der Waals surface area contributed by atoms with Crippen molar-refractivity contribution in [3.63, 3.8) is 0 Å². The zero-order valence-corrected chi connectivity index (χ0v) is 21.0. The van der Waals surface area contributed by atoms with Crippen LogP contribution >= 0.6 is 0 Å². The largest absolute Gasteiger partial charge is 0.393 e. The molecular weight excluding hydrogens is 364 g/mol. The molecule has 4 aliphatic rings. The molecule has 0 heterocycles. The Bertz CT molecular complexity index is 647. The molecule has 8 atom stereocenters. The molecule has 1 heteroatoms. The fraction of sp³-hybridized carbons (Fsp3) is 0.931.